The summed E-state index contributed by atoms with van der Waals surface area (Å²) >= 11 is 0. The number of aryl methyl sites for hydroxylation is 1. The lowest BCUT2D eigenvalue weighted by molar-refractivity contribution is 0.609. The Bertz CT molecular complexity index is 703. The minimum absolute atomic E-state index is 0.178. The third kappa shape index (κ3) is 2.84. The molecule has 0 aliphatic carbocycles. The molecule has 0 saturated heterocycles. The number of hydrazine groups is 1. The van der Waals surface area contributed by atoms with Gasteiger partial charge in [0.05, 0.1) is 17.9 Å². The minimum Gasteiger partial charge on any atom is -0.271 e. The Morgan fingerprint density at radius 3 is 2.43 bits per heavy atom. The molecule has 0 amide bonds. The second-order valence-corrected chi connectivity index (χ2v) is 4.90. The van der Waals surface area contributed by atoms with Crippen LogP contribution in [0, 0.1) is 6.92 Å². The third-order valence-corrected chi connectivity index (χ3v) is 3.37. The van der Waals surface area contributed by atoms with Gasteiger partial charge >= 0.3 is 0 Å². The van der Waals surface area contributed by atoms with Gasteiger partial charge in [0.25, 0.3) is 0 Å². The van der Waals surface area contributed by atoms with Crippen molar-refractivity contribution in [2.45, 2.75) is 13.0 Å². The molecule has 1 unspecified atom stereocenters. The van der Waals surface area contributed by atoms with E-state index in [4.69, 9.17) is 5.84 Å². The van der Waals surface area contributed by atoms with Gasteiger partial charge < -0.3 is 0 Å². The molecule has 0 radical (unpaired) electrons. The molecule has 0 aliphatic rings. The summed E-state index contributed by atoms with van der Waals surface area (Å²) in [5.41, 5.74) is 6.77. The van der Waals surface area contributed by atoms with Gasteiger partial charge in [-0.15, -0.1) is 0 Å². The zero-order valence-corrected chi connectivity index (χ0v) is 11.8. The second-order valence-electron chi connectivity index (χ2n) is 4.90. The molecular formula is C16H17N5. The Morgan fingerprint density at radius 1 is 1.05 bits per heavy atom. The molecule has 5 nitrogen and oxygen atoms in total. The fourth-order valence-electron chi connectivity index (χ4n) is 2.20. The summed E-state index contributed by atoms with van der Waals surface area (Å²) in [7, 11) is 0. The van der Waals surface area contributed by atoms with E-state index < -0.39 is 0 Å². The molecular weight excluding hydrogens is 262 g/mol. The summed E-state index contributed by atoms with van der Waals surface area (Å²) in [4.78, 5) is 1.61. The van der Waals surface area contributed by atoms with Crippen LogP contribution < -0.4 is 11.3 Å². The van der Waals surface area contributed by atoms with Gasteiger partial charge in [-0.05, 0) is 24.6 Å². The van der Waals surface area contributed by atoms with Crippen molar-refractivity contribution in [2.75, 3.05) is 0 Å². The SMILES string of the molecule is Cc1ccc(C(NN)c2cnn(-c3ccccc3)n2)cc1. The van der Waals surface area contributed by atoms with Crippen molar-refractivity contribution in [1.82, 2.24) is 20.4 Å². The van der Waals surface area contributed by atoms with Crippen LogP contribution in [0.3, 0.4) is 0 Å². The first-order valence-electron chi connectivity index (χ1n) is 6.78. The zero-order chi connectivity index (χ0) is 14.7. The Labute approximate surface area is 123 Å². The molecule has 0 aliphatic heterocycles. The molecule has 0 spiro atoms. The standard InChI is InChI=1S/C16H17N5/c1-12-7-9-13(10-8-12)16(19-17)15-11-18-21(20-15)14-5-3-2-4-6-14/h2-11,16,19H,17H2,1H3. The van der Waals surface area contributed by atoms with Crippen LogP contribution in [-0.4, -0.2) is 15.0 Å². The van der Waals surface area contributed by atoms with E-state index >= 15 is 0 Å². The molecule has 1 atom stereocenters. The lowest BCUT2D eigenvalue weighted by Crippen LogP contribution is -2.29. The van der Waals surface area contributed by atoms with E-state index in [1.54, 1.807) is 11.0 Å². The van der Waals surface area contributed by atoms with E-state index in [1.807, 2.05) is 42.5 Å². The molecule has 3 N–H and O–H groups in total. The lowest BCUT2D eigenvalue weighted by Gasteiger charge is -2.13. The van der Waals surface area contributed by atoms with Crippen LogP contribution in [-0.2, 0) is 0 Å². The largest absolute Gasteiger partial charge is 0.271 e. The van der Waals surface area contributed by atoms with Crippen LogP contribution in [0.25, 0.3) is 5.69 Å². The Kier molecular flexibility index (Phi) is 3.77. The number of nitrogens with two attached hydrogens (primary N) is 1. The molecule has 3 aromatic rings. The van der Waals surface area contributed by atoms with Crippen LogP contribution in [0.1, 0.15) is 22.9 Å². The van der Waals surface area contributed by atoms with Gasteiger partial charge in [-0.25, -0.2) is 5.43 Å². The average Bonchev–Trinajstić information content (AvgIpc) is 3.00. The highest BCUT2D eigenvalue weighted by Crippen LogP contribution is 2.20. The number of nitrogens with one attached hydrogen (secondary N) is 1. The molecule has 106 valence electrons. The highest BCUT2D eigenvalue weighted by atomic mass is 15.5. The topological polar surface area (TPSA) is 68.8 Å². The van der Waals surface area contributed by atoms with Gasteiger partial charge in [-0.2, -0.15) is 15.0 Å². The van der Waals surface area contributed by atoms with Crippen molar-refractivity contribution < 1.29 is 0 Å². The number of para-hydroxylation sites is 1. The molecule has 2 aromatic carbocycles. The van der Waals surface area contributed by atoms with Crippen LogP contribution in [0.15, 0.2) is 60.8 Å². The van der Waals surface area contributed by atoms with Crippen molar-refractivity contribution >= 4 is 0 Å². The highest BCUT2D eigenvalue weighted by molar-refractivity contribution is 5.31. The van der Waals surface area contributed by atoms with E-state index in [0.29, 0.717) is 0 Å². The number of hydrogen-bond acceptors (Lipinski definition) is 4. The summed E-state index contributed by atoms with van der Waals surface area (Å²) in [6, 6.07) is 17.8. The summed E-state index contributed by atoms with van der Waals surface area (Å²) in [5, 5.41) is 8.82. The number of aromatic nitrogens is 3. The fourth-order valence-corrected chi connectivity index (χ4v) is 2.20. The van der Waals surface area contributed by atoms with Crippen LogP contribution in [0.4, 0.5) is 0 Å². The second kappa shape index (κ2) is 5.87. The monoisotopic (exact) mass is 279 g/mol. The minimum atomic E-state index is -0.178. The average molecular weight is 279 g/mol. The maximum atomic E-state index is 5.70. The van der Waals surface area contributed by atoms with E-state index in [1.165, 1.54) is 5.56 Å². The highest BCUT2D eigenvalue weighted by Gasteiger charge is 2.16. The maximum Gasteiger partial charge on any atom is 0.106 e. The number of rotatable bonds is 4. The molecule has 3 rings (SSSR count). The quantitative estimate of drug-likeness (QED) is 0.567. The van der Waals surface area contributed by atoms with E-state index in [9.17, 15) is 0 Å². The van der Waals surface area contributed by atoms with Crippen LogP contribution in [0.5, 0.6) is 0 Å². The van der Waals surface area contributed by atoms with Crippen molar-refractivity contribution in [2.24, 2.45) is 5.84 Å². The van der Waals surface area contributed by atoms with Crippen molar-refractivity contribution in [1.29, 1.82) is 0 Å². The van der Waals surface area contributed by atoms with E-state index in [-0.39, 0.29) is 6.04 Å². The predicted molar refractivity (Wildman–Crippen MR) is 81.7 cm³/mol. The predicted octanol–water partition coefficient (Wildman–Crippen LogP) is 2.13. The van der Waals surface area contributed by atoms with E-state index in [0.717, 1.165) is 16.9 Å². The molecule has 1 aromatic heterocycles. The van der Waals surface area contributed by atoms with Gasteiger partial charge in [-0.1, -0.05) is 48.0 Å². The molecule has 1 heterocycles. The van der Waals surface area contributed by atoms with Crippen LogP contribution >= 0.6 is 0 Å². The molecule has 0 saturated carbocycles. The Morgan fingerprint density at radius 2 is 1.76 bits per heavy atom. The Hall–Kier alpha value is -2.50. The molecule has 5 heteroatoms. The summed E-state index contributed by atoms with van der Waals surface area (Å²) < 4.78 is 0. The first kappa shape index (κ1) is 13.5. The van der Waals surface area contributed by atoms with Gasteiger partial charge in [0.1, 0.15) is 5.69 Å². The third-order valence-electron chi connectivity index (χ3n) is 3.37. The van der Waals surface area contributed by atoms with Gasteiger partial charge in [-0.3, -0.25) is 5.84 Å². The normalized spacial score (nSPS) is 12.3. The zero-order valence-electron chi connectivity index (χ0n) is 11.8. The molecule has 0 bridgehead atoms. The molecule has 21 heavy (non-hydrogen) atoms. The van der Waals surface area contributed by atoms with Crippen molar-refractivity contribution in [3.05, 3.63) is 77.6 Å². The van der Waals surface area contributed by atoms with Crippen LogP contribution in [0.2, 0.25) is 0 Å². The van der Waals surface area contributed by atoms with Crippen molar-refractivity contribution in [3.8, 4) is 5.69 Å². The van der Waals surface area contributed by atoms with Gasteiger partial charge in [0, 0.05) is 0 Å². The van der Waals surface area contributed by atoms with E-state index in [2.05, 4.69) is 34.7 Å². The summed E-state index contributed by atoms with van der Waals surface area (Å²) in [5.74, 6) is 5.70. The first-order chi connectivity index (χ1) is 10.3. The van der Waals surface area contributed by atoms with Crippen molar-refractivity contribution in [3.63, 3.8) is 0 Å². The fraction of sp³-hybridized carbons (Fsp3) is 0.125. The number of benzene rings is 2. The summed E-state index contributed by atoms with van der Waals surface area (Å²) in [6.45, 7) is 2.06. The smallest absolute Gasteiger partial charge is 0.106 e. The number of nitrogens with zero attached hydrogens (tertiary/aromatic N) is 3. The Balaban J connectivity index is 1.92. The van der Waals surface area contributed by atoms with Gasteiger partial charge in [0.2, 0.25) is 0 Å². The summed E-state index contributed by atoms with van der Waals surface area (Å²) in [6.07, 6.45) is 1.73. The van der Waals surface area contributed by atoms with Gasteiger partial charge in [0.15, 0.2) is 0 Å². The number of hydrogen-bond donors (Lipinski definition) is 2. The lowest BCUT2D eigenvalue weighted by atomic mass is 10.0. The first-order valence-corrected chi connectivity index (χ1v) is 6.78. The maximum absolute atomic E-state index is 5.70. The molecule has 0 fully saturated rings.